The molecule has 0 bridgehead atoms. The van der Waals surface area contributed by atoms with Crippen LogP contribution in [0.3, 0.4) is 0 Å². The van der Waals surface area contributed by atoms with Crippen molar-refractivity contribution in [1.82, 2.24) is 0 Å². The van der Waals surface area contributed by atoms with Gasteiger partial charge in [0.2, 0.25) is 0 Å². The normalized spacial score (nSPS) is 9.95. The van der Waals surface area contributed by atoms with Crippen molar-refractivity contribution in [3.63, 3.8) is 0 Å². The van der Waals surface area contributed by atoms with Gasteiger partial charge in [0.25, 0.3) is 11.6 Å². The minimum absolute atomic E-state index is 0.282. The first kappa shape index (κ1) is 15.5. The van der Waals surface area contributed by atoms with Crippen molar-refractivity contribution in [3.05, 3.63) is 52.9 Å². The van der Waals surface area contributed by atoms with Crippen LogP contribution in [0.2, 0.25) is 0 Å². The Morgan fingerprint density at radius 3 is 2.00 bits per heavy atom. The number of hydrogen-bond donors (Lipinski definition) is 1. The number of methoxy groups -OCH3 is 2. The number of carbonyl (C=O) groups excluding carboxylic acids is 1. The molecule has 2 rings (SSSR count). The Morgan fingerprint density at radius 2 is 1.55 bits per heavy atom. The zero-order chi connectivity index (χ0) is 16.1. The van der Waals surface area contributed by atoms with Gasteiger partial charge in [0, 0.05) is 51.2 Å². The minimum atomic E-state index is -0.282. The number of anilines is 1. The smallest absolute Gasteiger partial charge is 0.255 e. The highest BCUT2D eigenvalue weighted by atomic mass is 16.5. The van der Waals surface area contributed by atoms with Crippen molar-refractivity contribution < 1.29 is 19.0 Å². The molecule has 1 amide bonds. The summed E-state index contributed by atoms with van der Waals surface area (Å²) in [5.41, 5.74) is 1.50. The quantitative estimate of drug-likeness (QED) is 0.862. The fraction of sp³-hybridized carbons (Fsp3) is 0.188. The second-order valence-corrected chi connectivity index (χ2v) is 4.60. The van der Waals surface area contributed by atoms with Crippen LogP contribution in [0.5, 0.6) is 11.5 Å². The molecule has 0 aliphatic rings. The molecule has 2 aromatic rings. The van der Waals surface area contributed by atoms with E-state index in [2.05, 4.69) is 5.32 Å². The van der Waals surface area contributed by atoms with E-state index >= 15 is 0 Å². The van der Waals surface area contributed by atoms with Gasteiger partial charge in [0.05, 0.1) is 14.2 Å². The molecule has 0 unspecified atom stereocenters. The summed E-state index contributed by atoms with van der Waals surface area (Å²) in [6, 6.07) is 11.5. The Balaban J connectivity index is 2.19. The summed E-state index contributed by atoms with van der Waals surface area (Å²) >= 11 is 0. The summed E-state index contributed by atoms with van der Waals surface area (Å²) in [6.45, 7) is 0. The van der Waals surface area contributed by atoms with E-state index in [1.165, 1.54) is 7.05 Å². The van der Waals surface area contributed by atoms with Crippen molar-refractivity contribution in [3.8, 4) is 11.5 Å². The highest BCUT2D eigenvalue weighted by Gasteiger charge is 2.11. The number of nitroso groups, excluding NO2 is 1. The fourth-order valence-electron chi connectivity index (χ4n) is 1.91. The molecule has 114 valence electrons. The van der Waals surface area contributed by atoms with Gasteiger partial charge in [0.1, 0.15) is 11.5 Å². The van der Waals surface area contributed by atoms with Gasteiger partial charge in [0.15, 0.2) is 7.05 Å². The van der Waals surface area contributed by atoms with Crippen LogP contribution in [0, 0.1) is 4.91 Å². The maximum Gasteiger partial charge on any atom is 0.255 e. The maximum absolute atomic E-state index is 12.2. The molecular formula is C16H17N2O4+. The Morgan fingerprint density at radius 1 is 1.00 bits per heavy atom. The first-order chi connectivity index (χ1) is 10.5. The summed E-state index contributed by atoms with van der Waals surface area (Å²) in [6.07, 6.45) is 0. The standard InChI is InChI=1S/C16H16N2O4/c1-18(20)13-6-4-11(5-7-13)16(19)17-12-8-14(21-2)10-15(9-12)22-3/h4-10H,1-3H3/p+1. The molecule has 0 saturated heterocycles. The van der Waals surface area contributed by atoms with Crippen LogP contribution < -0.4 is 14.8 Å². The highest BCUT2D eigenvalue weighted by Crippen LogP contribution is 2.26. The van der Waals surface area contributed by atoms with Crippen molar-refractivity contribution in [2.24, 2.45) is 0 Å². The van der Waals surface area contributed by atoms with Crippen molar-refractivity contribution >= 4 is 17.3 Å². The largest absolute Gasteiger partial charge is 0.497 e. The first-order valence-electron chi connectivity index (χ1n) is 6.59. The molecule has 0 saturated carbocycles. The third-order valence-corrected chi connectivity index (χ3v) is 3.10. The van der Waals surface area contributed by atoms with E-state index in [4.69, 9.17) is 9.47 Å². The van der Waals surface area contributed by atoms with Crippen LogP contribution in [0.15, 0.2) is 42.5 Å². The number of ether oxygens (including phenoxy) is 2. The monoisotopic (exact) mass is 301 g/mol. The number of amides is 1. The van der Waals surface area contributed by atoms with Crippen LogP contribution in [0.25, 0.3) is 0 Å². The lowest BCUT2D eigenvalue weighted by Gasteiger charge is -2.09. The lowest BCUT2D eigenvalue weighted by molar-refractivity contribution is -0.428. The molecule has 0 aliphatic carbocycles. The lowest BCUT2D eigenvalue weighted by Crippen LogP contribution is -2.12. The van der Waals surface area contributed by atoms with E-state index in [9.17, 15) is 9.70 Å². The average molecular weight is 301 g/mol. The van der Waals surface area contributed by atoms with E-state index in [1.54, 1.807) is 56.7 Å². The lowest BCUT2D eigenvalue weighted by atomic mass is 10.2. The number of nitrogens with one attached hydrogen (secondary N) is 1. The van der Waals surface area contributed by atoms with Crippen LogP contribution in [0.1, 0.15) is 10.4 Å². The second-order valence-electron chi connectivity index (χ2n) is 4.60. The SMILES string of the molecule is COc1cc(NC(=O)c2ccc([N+](C)=O)cc2)cc(OC)c1. The van der Waals surface area contributed by atoms with Gasteiger partial charge in [-0.05, 0) is 12.1 Å². The van der Waals surface area contributed by atoms with E-state index < -0.39 is 0 Å². The number of benzene rings is 2. The first-order valence-corrected chi connectivity index (χ1v) is 6.59. The molecule has 6 heteroatoms. The zero-order valence-electron chi connectivity index (χ0n) is 12.6. The maximum atomic E-state index is 12.2. The Hall–Kier alpha value is -2.89. The molecule has 1 N–H and O–H groups in total. The molecule has 0 aliphatic heterocycles. The minimum Gasteiger partial charge on any atom is -0.497 e. The Kier molecular flexibility index (Phi) is 4.73. The Bertz CT molecular complexity index is 674. The number of carbonyl (C=O) groups is 1. The molecule has 0 spiro atoms. The summed E-state index contributed by atoms with van der Waals surface area (Å²) in [7, 11) is 4.48. The van der Waals surface area contributed by atoms with Gasteiger partial charge in [-0.1, -0.05) is 0 Å². The van der Waals surface area contributed by atoms with E-state index in [1.807, 2.05) is 0 Å². The van der Waals surface area contributed by atoms with Crippen LogP contribution in [-0.2, 0) is 0 Å². The molecule has 22 heavy (non-hydrogen) atoms. The van der Waals surface area contributed by atoms with E-state index in [-0.39, 0.29) is 5.91 Å². The predicted molar refractivity (Wildman–Crippen MR) is 83.2 cm³/mol. The van der Waals surface area contributed by atoms with Gasteiger partial charge in [-0.25, -0.2) is 0 Å². The van der Waals surface area contributed by atoms with E-state index in [0.29, 0.717) is 28.4 Å². The Labute approximate surface area is 128 Å². The third kappa shape index (κ3) is 3.60. The number of rotatable bonds is 5. The van der Waals surface area contributed by atoms with Crippen molar-refractivity contribution in [1.29, 1.82) is 0 Å². The predicted octanol–water partition coefficient (Wildman–Crippen LogP) is 3.00. The molecule has 2 aromatic carbocycles. The van der Waals surface area contributed by atoms with Crippen LogP contribution >= 0.6 is 0 Å². The van der Waals surface area contributed by atoms with Crippen LogP contribution in [-0.4, -0.2) is 31.9 Å². The molecule has 0 atom stereocenters. The zero-order valence-corrected chi connectivity index (χ0v) is 12.6. The number of nitrogens with zero attached hydrogens (tertiary/aromatic N) is 1. The molecule has 0 aromatic heterocycles. The average Bonchev–Trinajstić information content (AvgIpc) is 2.54. The third-order valence-electron chi connectivity index (χ3n) is 3.10. The highest BCUT2D eigenvalue weighted by molar-refractivity contribution is 6.04. The molecule has 0 radical (unpaired) electrons. The molecule has 0 heterocycles. The second kappa shape index (κ2) is 6.71. The summed E-state index contributed by atoms with van der Waals surface area (Å²) in [5.74, 6) is 0.881. The fourth-order valence-corrected chi connectivity index (χ4v) is 1.91. The topological polar surface area (TPSA) is 67.6 Å². The molecule has 6 nitrogen and oxygen atoms in total. The van der Waals surface area contributed by atoms with E-state index in [0.717, 1.165) is 4.76 Å². The van der Waals surface area contributed by atoms with Gasteiger partial charge >= 0.3 is 0 Å². The molecular weight excluding hydrogens is 284 g/mol. The van der Waals surface area contributed by atoms with Gasteiger partial charge in [-0.15, -0.1) is 0 Å². The van der Waals surface area contributed by atoms with Crippen molar-refractivity contribution in [2.45, 2.75) is 0 Å². The molecule has 0 fully saturated rings. The van der Waals surface area contributed by atoms with Gasteiger partial charge in [-0.2, -0.15) is 0 Å². The summed E-state index contributed by atoms with van der Waals surface area (Å²) in [4.78, 5) is 23.4. The van der Waals surface area contributed by atoms with Crippen LogP contribution in [0.4, 0.5) is 11.4 Å². The summed E-state index contributed by atoms with van der Waals surface area (Å²) in [5, 5.41) is 2.77. The van der Waals surface area contributed by atoms with Gasteiger partial charge in [-0.3, -0.25) is 4.79 Å². The number of hydrogen-bond acceptors (Lipinski definition) is 4. The van der Waals surface area contributed by atoms with Crippen molar-refractivity contribution in [2.75, 3.05) is 26.6 Å². The van der Waals surface area contributed by atoms with Gasteiger partial charge < -0.3 is 14.8 Å². The summed E-state index contributed by atoms with van der Waals surface area (Å²) < 4.78 is 11.0.